The summed E-state index contributed by atoms with van der Waals surface area (Å²) in [6.45, 7) is 0.478. The Balaban J connectivity index is 1.47. The van der Waals surface area contributed by atoms with E-state index in [2.05, 4.69) is 25.7 Å². The highest BCUT2D eigenvalue weighted by atomic mass is 16.5. The predicted octanol–water partition coefficient (Wildman–Crippen LogP) is 1.95. The second-order valence-electron chi connectivity index (χ2n) is 5.43. The molecule has 1 N–H and O–H groups in total. The number of hydrogen-bond acceptors (Lipinski definition) is 6. The van der Waals surface area contributed by atoms with Crippen LogP contribution in [0.25, 0.3) is 10.9 Å². The largest absolute Gasteiger partial charge is 0.453 e. The highest BCUT2D eigenvalue weighted by Crippen LogP contribution is 2.16. The Hall–Kier alpha value is -3.55. The van der Waals surface area contributed by atoms with Crippen LogP contribution in [0.15, 0.2) is 54.6 Å². The SMILES string of the molecule is O=C(OCc1nnnn1Cc1ccccc1)c1n[nH]c2ccccc12. The molecule has 2 heterocycles. The number of fused-ring (bicyclic) bond motifs is 1. The van der Waals surface area contributed by atoms with Crippen LogP contribution < -0.4 is 0 Å². The molecule has 0 saturated carbocycles. The zero-order valence-electron chi connectivity index (χ0n) is 13.2. The minimum atomic E-state index is -0.522. The monoisotopic (exact) mass is 334 g/mol. The molecule has 8 nitrogen and oxygen atoms in total. The number of H-pyrrole nitrogens is 1. The van der Waals surface area contributed by atoms with Gasteiger partial charge in [0.2, 0.25) is 0 Å². The van der Waals surface area contributed by atoms with E-state index in [0.29, 0.717) is 12.4 Å². The average molecular weight is 334 g/mol. The van der Waals surface area contributed by atoms with Gasteiger partial charge in [-0.15, -0.1) is 5.10 Å². The van der Waals surface area contributed by atoms with Crippen LogP contribution in [0.5, 0.6) is 0 Å². The fraction of sp³-hybridized carbons (Fsp3) is 0.118. The van der Waals surface area contributed by atoms with Gasteiger partial charge in [0.05, 0.1) is 12.1 Å². The number of carbonyl (C=O) groups excluding carboxylic acids is 1. The molecule has 0 bridgehead atoms. The van der Waals surface area contributed by atoms with E-state index >= 15 is 0 Å². The van der Waals surface area contributed by atoms with Crippen molar-refractivity contribution in [2.75, 3.05) is 0 Å². The molecule has 4 rings (SSSR count). The van der Waals surface area contributed by atoms with E-state index in [4.69, 9.17) is 4.74 Å². The van der Waals surface area contributed by atoms with Crippen molar-refractivity contribution in [2.24, 2.45) is 0 Å². The average Bonchev–Trinajstić information content (AvgIpc) is 3.27. The molecule has 0 fully saturated rings. The highest BCUT2D eigenvalue weighted by molar-refractivity contribution is 6.01. The van der Waals surface area contributed by atoms with Crippen LogP contribution in [0, 0.1) is 0 Å². The molecule has 124 valence electrons. The summed E-state index contributed by atoms with van der Waals surface area (Å²) in [5.74, 6) is -0.0521. The Morgan fingerprint density at radius 2 is 1.88 bits per heavy atom. The lowest BCUT2D eigenvalue weighted by Crippen LogP contribution is -2.12. The third-order valence-corrected chi connectivity index (χ3v) is 3.78. The molecular formula is C17H14N6O2. The summed E-state index contributed by atoms with van der Waals surface area (Å²) in [5, 5.41) is 19.1. The summed E-state index contributed by atoms with van der Waals surface area (Å²) < 4.78 is 6.93. The maximum Gasteiger partial charge on any atom is 0.359 e. The van der Waals surface area contributed by atoms with E-state index in [9.17, 15) is 4.79 Å². The molecule has 2 aromatic carbocycles. The van der Waals surface area contributed by atoms with Crippen molar-refractivity contribution in [3.63, 3.8) is 0 Å². The summed E-state index contributed by atoms with van der Waals surface area (Å²) in [7, 11) is 0. The van der Waals surface area contributed by atoms with E-state index < -0.39 is 5.97 Å². The summed E-state index contributed by atoms with van der Waals surface area (Å²) in [4.78, 5) is 12.3. The number of hydrogen-bond donors (Lipinski definition) is 1. The van der Waals surface area contributed by atoms with Crippen molar-refractivity contribution >= 4 is 16.9 Å². The number of esters is 1. The van der Waals surface area contributed by atoms with Crippen molar-refractivity contribution in [2.45, 2.75) is 13.2 Å². The van der Waals surface area contributed by atoms with Gasteiger partial charge in [-0.25, -0.2) is 9.48 Å². The molecule has 25 heavy (non-hydrogen) atoms. The number of carbonyl (C=O) groups is 1. The molecule has 0 unspecified atom stereocenters. The van der Waals surface area contributed by atoms with E-state index in [1.54, 1.807) is 4.68 Å². The molecule has 0 amide bonds. The molecule has 4 aromatic rings. The number of aromatic amines is 1. The second kappa shape index (κ2) is 6.52. The Kier molecular flexibility index (Phi) is 3.91. The van der Waals surface area contributed by atoms with Crippen molar-refractivity contribution in [1.82, 2.24) is 30.4 Å². The van der Waals surface area contributed by atoms with E-state index in [0.717, 1.165) is 16.5 Å². The van der Waals surface area contributed by atoms with Crippen molar-refractivity contribution in [3.8, 4) is 0 Å². The van der Waals surface area contributed by atoms with Gasteiger partial charge in [-0.05, 0) is 22.1 Å². The number of rotatable bonds is 5. The molecule has 0 aliphatic rings. The van der Waals surface area contributed by atoms with Crippen LogP contribution in [0.1, 0.15) is 21.9 Å². The first kappa shape index (κ1) is 15.0. The standard InChI is InChI=1S/C17H14N6O2/c24-17(16-13-8-4-5-9-14(13)18-20-16)25-11-15-19-21-22-23(15)10-12-6-2-1-3-7-12/h1-9H,10-11H2,(H,18,20). The van der Waals surface area contributed by atoms with E-state index in [-0.39, 0.29) is 12.3 Å². The molecule has 0 aliphatic carbocycles. The summed E-state index contributed by atoms with van der Waals surface area (Å²) in [5.41, 5.74) is 2.08. The lowest BCUT2D eigenvalue weighted by molar-refractivity contribution is 0.0452. The topological polar surface area (TPSA) is 98.6 Å². The smallest absolute Gasteiger partial charge is 0.359 e. The molecule has 0 spiro atoms. The fourth-order valence-corrected chi connectivity index (χ4v) is 2.52. The number of tetrazole rings is 1. The van der Waals surface area contributed by atoms with Gasteiger partial charge >= 0.3 is 5.97 Å². The summed E-state index contributed by atoms with van der Waals surface area (Å²) in [6, 6.07) is 17.2. The molecule has 0 saturated heterocycles. The maximum absolute atomic E-state index is 12.3. The van der Waals surface area contributed by atoms with Crippen LogP contribution in [0.2, 0.25) is 0 Å². The highest BCUT2D eigenvalue weighted by Gasteiger charge is 2.17. The normalized spacial score (nSPS) is 10.9. The lowest BCUT2D eigenvalue weighted by Gasteiger charge is -2.05. The van der Waals surface area contributed by atoms with Gasteiger partial charge in [0.15, 0.2) is 18.1 Å². The lowest BCUT2D eigenvalue weighted by atomic mass is 10.2. The van der Waals surface area contributed by atoms with Crippen molar-refractivity contribution < 1.29 is 9.53 Å². The zero-order valence-corrected chi connectivity index (χ0v) is 13.2. The molecule has 2 aromatic heterocycles. The molecular weight excluding hydrogens is 320 g/mol. The Labute approximate surface area is 142 Å². The molecule has 8 heteroatoms. The first-order chi connectivity index (χ1) is 12.3. The Morgan fingerprint density at radius 3 is 2.76 bits per heavy atom. The van der Waals surface area contributed by atoms with Gasteiger partial charge < -0.3 is 4.74 Å². The van der Waals surface area contributed by atoms with Crippen LogP contribution in [0.3, 0.4) is 0 Å². The van der Waals surface area contributed by atoms with Gasteiger partial charge in [-0.3, -0.25) is 5.10 Å². The van der Waals surface area contributed by atoms with Gasteiger partial charge in [0.25, 0.3) is 0 Å². The summed E-state index contributed by atoms with van der Waals surface area (Å²) >= 11 is 0. The van der Waals surface area contributed by atoms with Crippen molar-refractivity contribution in [1.29, 1.82) is 0 Å². The third-order valence-electron chi connectivity index (χ3n) is 3.78. The van der Waals surface area contributed by atoms with E-state index in [1.165, 1.54) is 0 Å². The number of nitrogens with one attached hydrogen (secondary N) is 1. The van der Waals surface area contributed by atoms with Crippen LogP contribution in [-0.4, -0.2) is 36.4 Å². The third kappa shape index (κ3) is 3.09. The Morgan fingerprint density at radius 1 is 1.08 bits per heavy atom. The molecule has 0 radical (unpaired) electrons. The van der Waals surface area contributed by atoms with Crippen molar-refractivity contribution in [3.05, 3.63) is 71.7 Å². The van der Waals surface area contributed by atoms with E-state index in [1.807, 2.05) is 54.6 Å². The van der Waals surface area contributed by atoms with Gasteiger partial charge in [-0.2, -0.15) is 5.10 Å². The van der Waals surface area contributed by atoms with Crippen LogP contribution in [-0.2, 0) is 17.9 Å². The van der Waals surface area contributed by atoms with Gasteiger partial charge in [0, 0.05) is 5.39 Å². The minimum Gasteiger partial charge on any atom is -0.453 e. The number of nitrogens with zero attached hydrogens (tertiary/aromatic N) is 5. The maximum atomic E-state index is 12.3. The summed E-state index contributed by atoms with van der Waals surface area (Å²) in [6.07, 6.45) is 0. The zero-order chi connectivity index (χ0) is 17.1. The van der Waals surface area contributed by atoms with Crippen LogP contribution >= 0.6 is 0 Å². The van der Waals surface area contributed by atoms with Gasteiger partial charge in [-0.1, -0.05) is 48.5 Å². The first-order valence-corrected chi connectivity index (χ1v) is 7.70. The molecule has 0 atom stereocenters. The quantitative estimate of drug-likeness (QED) is 0.560. The first-order valence-electron chi connectivity index (χ1n) is 7.70. The van der Waals surface area contributed by atoms with Gasteiger partial charge in [0.1, 0.15) is 0 Å². The Bertz CT molecular complexity index is 1010. The number of aromatic nitrogens is 6. The predicted molar refractivity (Wildman–Crippen MR) is 88.6 cm³/mol. The van der Waals surface area contributed by atoms with Crippen LogP contribution in [0.4, 0.5) is 0 Å². The fourth-order valence-electron chi connectivity index (χ4n) is 2.52. The number of ether oxygens (including phenoxy) is 1. The molecule has 0 aliphatic heterocycles. The minimum absolute atomic E-state index is 0.0279. The second-order valence-corrected chi connectivity index (χ2v) is 5.43. The number of benzene rings is 2. The number of para-hydroxylation sites is 1.